The smallest absolute Gasteiger partial charge is 0.241 e. The van der Waals surface area contributed by atoms with Gasteiger partial charge >= 0.3 is 0 Å². The van der Waals surface area contributed by atoms with Crippen molar-refractivity contribution >= 4 is 34.8 Å². The third-order valence-electron chi connectivity index (χ3n) is 3.96. The molecule has 2 N–H and O–H groups in total. The van der Waals surface area contributed by atoms with E-state index in [1.54, 1.807) is 43.1 Å². The van der Waals surface area contributed by atoms with Gasteiger partial charge in [0.05, 0.1) is 25.4 Å². The zero-order chi connectivity index (χ0) is 20.0. The highest BCUT2D eigenvalue weighted by atomic mass is 35.5. The molecule has 0 aliphatic carbocycles. The molecule has 27 heavy (non-hydrogen) atoms. The summed E-state index contributed by atoms with van der Waals surface area (Å²) in [5, 5.41) is 5.79. The highest BCUT2D eigenvalue weighted by Gasteiger charge is 2.21. The molecule has 0 fully saturated rings. The van der Waals surface area contributed by atoms with Gasteiger partial charge in [-0.3, -0.25) is 14.5 Å². The minimum atomic E-state index is -0.605. The summed E-state index contributed by atoms with van der Waals surface area (Å²) in [6.07, 6.45) is 0. The molecule has 0 radical (unpaired) electrons. The Morgan fingerprint density at radius 1 is 1.22 bits per heavy atom. The Balaban J connectivity index is 1.95. The minimum absolute atomic E-state index is 0.0439. The summed E-state index contributed by atoms with van der Waals surface area (Å²) in [6.45, 7) is 1.62. The van der Waals surface area contributed by atoms with E-state index in [1.165, 1.54) is 25.3 Å². The van der Waals surface area contributed by atoms with Crippen LogP contribution < -0.4 is 15.4 Å². The maximum atomic E-state index is 13.2. The molecule has 0 aliphatic rings. The number of nitrogens with zero attached hydrogens (tertiary/aromatic N) is 1. The number of amides is 2. The molecule has 0 aromatic heterocycles. The Hall–Kier alpha value is -2.64. The Kier molecular flexibility index (Phi) is 7.15. The predicted molar refractivity (Wildman–Crippen MR) is 104 cm³/mol. The van der Waals surface area contributed by atoms with E-state index in [0.717, 1.165) is 0 Å². The van der Waals surface area contributed by atoms with Crippen LogP contribution in [-0.4, -0.2) is 43.5 Å². The van der Waals surface area contributed by atoms with Crippen molar-refractivity contribution in [2.75, 3.05) is 31.3 Å². The second kappa shape index (κ2) is 9.34. The highest BCUT2D eigenvalue weighted by molar-refractivity contribution is 6.31. The second-order valence-corrected chi connectivity index (χ2v) is 6.42. The number of halogens is 2. The van der Waals surface area contributed by atoms with E-state index in [-0.39, 0.29) is 18.4 Å². The monoisotopic (exact) mass is 393 g/mol. The maximum absolute atomic E-state index is 13.2. The van der Waals surface area contributed by atoms with Gasteiger partial charge in [0.2, 0.25) is 11.8 Å². The van der Waals surface area contributed by atoms with Gasteiger partial charge in [-0.1, -0.05) is 17.7 Å². The van der Waals surface area contributed by atoms with E-state index < -0.39 is 11.9 Å². The van der Waals surface area contributed by atoms with Crippen molar-refractivity contribution in [2.24, 2.45) is 0 Å². The number of carbonyl (C=O) groups is 2. The maximum Gasteiger partial charge on any atom is 0.241 e. The summed E-state index contributed by atoms with van der Waals surface area (Å²) in [7, 11) is 3.13. The lowest BCUT2D eigenvalue weighted by Gasteiger charge is -2.23. The fourth-order valence-corrected chi connectivity index (χ4v) is 2.52. The van der Waals surface area contributed by atoms with Gasteiger partial charge < -0.3 is 15.4 Å². The van der Waals surface area contributed by atoms with E-state index in [4.69, 9.17) is 16.3 Å². The Morgan fingerprint density at radius 2 is 1.96 bits per heavy atom. The molecule has 0 aliphatic heterocycles. The number of hydrogen-bond donors (Lipinski definition) is 2. The molecular weight excluding hydrogens is 373 g/mol. The average molecular weight is 394 g/mol. The number of ether oxygens (including phenoxy) is 1. The molecule has 0 spiro atoms. The van der Waals surface area contributed by atoms with Crippen LogP contribution in [-0.2, 0) is 9.59 Å². The fourth-order valence-electron chi connectivity index (χ4n) is 2.35. The number of anilines is 2. The molecule has 2 aromatic rings. The van der Waals surface area contributed by atoms with E-state index in [1.807, 2.05) is 0 Å². The number of rotatable bonds is 7. The largest absolute Gasteiger partial charge is 0.495 e. The summed E-state index contributed by atoms with van der Waals surface area (Å²) in [5.41, 5.74) is 0.800. The molecular formula is C19H21ClFN3O3. The van der Waals surface area contributed by atoms with Crippen molar-refractivity contribution in [2.45, 2.75) is 13.0 Å². The summed E-state index contributed by atoms with van der Waals surface area (Å²) in [5.74, 6) is -0.643. The van der Waals surface area contributed by atoms with Gasteiger partial charge in [-0.05, 0) is 50.4 Å². The lowest BCUT2D eigenvalue weighted by molar-refractivity contribution is -0.122. The van der Waals surface area contributed by atoms with Gasteiger partial charge in [0, 0.05) is 10.7 Å². The normalized spacial score (nSPS) is 11.8. The van der Waals surface area contributed by atoms with Crippen molar-refractivity contribution in [1.82, 2.24) is 4.90 Å². The number of methoxy groups -OCH3 is 1. The first-order valence-electron chi connectivity index (χ1n) is 8.20. The van der Waals surface area contributed by atoms with Crippen molar-refractivity contribution in [3.8, 4) is 5.75 Å². The first kappa shape index (κ1) is 20.7. The lowest BCUT2D eigenvalue weighted by atomic mass is 10.2. The molecule has 1 atom stereocenters. The van der Waals surface area contributed by atoms with Crippen LogP contribution in [0.25, 0.3) is 0 Å². The molecule has 0 heterocycles. The number of hydrogen-bond acceptors (Lipinski definition) is 4. The predicted octanol–water partition coefficient (Wildman–Crippen LogP) is 3.39. The van der Waals surface area contributed by atoms with Crippen LogP contribution in [0.3, 0.4) is 0 Å². The number of nitrogens with one attached hydrogen (secondary N) is 2. The summed E-state index contributed by atoms with van der Waals surface area (Å²) >= 11 is 5.96. The highest BCUT2D eigenvalue weighted by Crippen LogP contribution is 2.27. The van der Waals surface area contributed by atoms with Gasteiger partial charge in [0.15, 0.2) is 0 Å². The van der Waals surface area contributed by atoms with E-state index in [9.17, 15) is 14.0 Å². The van der Waals surface area contributed by atoms with Crippen molar-refractivity contribution in [3.63, 3.8) is 0 Å². The number of benzene rings is 2. The number of carbonyl (C=O) groups excluding carboxylic acids is 2. The molecule has 2 rings (SSSR count). The average Bonchev–Trinajstić information content (AvgIpc) is 2.61. The van der Waals surface area contributed by atoms with Crippen LogP contribution >= 0.6 is 11.6 Å². The standard InChI is InChI=1S/C19H21ClFN3O3/c1-12(19(26)23-16-9-13(20)7-8-17(16)27-3)24(2)11-18(25)22-15-6-4-5-14(21)10-15/h4-10,12H,11H2,1-3H3,(H,22,25)(H,23,26). The molecule has 1 unspecified atom stereocenters. The van der Waals surface area contributed by atoms with Crippen LogP contribution in [0.1, 0.15) is 6.92 Å². The van der Waals surface area contributed by atoms with Crippen molar-refractivity contribution < 1.29 is 18.7 Å². The lowest BCUT2D eigenvalue weighted by Crippen LogP contribution is -2.43. The van der Waals surface area contributed by atoms with Crippen molar-refractivity contribution in [1.29, 1.82) is 0 Å². The summed E-state index contributed by atoms with van der Waals surface area (Å²) in [6, 6.07) is 9.89. The van der Waals surface area contributed by atoms with Gasteiger partial charge in [-0.15, -0.1) is 0 Å². The van der Waals surface area contributed by atoms with Crippen LogP contribution in [0.2, 0.25) is 5.02 Å². The fraction of sp³-hybridized carbons (Fsp3) is 0.263. The third-order valence-corrected chi connectivity index (χ3v) is 4.20. The molecule has 6 nitrogen and oxygen atoms in total. The van der Waals surface area contributed by atoms with Gasteiger partial charge in [0.25, 0.3) is 0 Å². The second-order valence-electron chi connectivity index (χ2n) is 5.98. The summed E-state index contributed by atoms with van der Waals surface area (Å²) < 4.78 is 18.4. The Labute approximate surface area is 162 Å². The van der Waals surface area contributed by atoms with Gasteiger partial charge in [-0.2, -0.15) is 0 Å². The number of likely N-dealkylation sites (N-methyl/N-ethyl adjacent to an activating group) is 1. The van der Waals surface area contributed by atoms with Gasteiger partial charge in [-0.25, -0.2) is 4.39 Å². The van der Waals surface area contributed by atoms with Crippen LogP contribution in [0, 0.1) is 5.82 Å². The molecule has 0 saturated carbocycles. The van der Waals surface area contributed by atoms with Gasteiger partial charge in [0.1, 0.15) is 11.6 Å². The van der Waals surface area contributed by atoms with E-state index in [2.05, 4.69) is 10.6 Å². The van der Waals surface area contributed by atoms with E-state index in [0.29, 0.717) is 22.1 Å². The Morgan fingerprint density at radius 3 is 2.63 bits per heavy atom. The quantitative estimate of drug-likeness (QED) is 0.756. The molecule has 0 saturated heterocycles. The van der Waals surface area contributed by atoms with Crippen molar-refractivity contribution in [3.05, 3.63) is 53.3 Å². The molecule has 144 valence electrons. The van der Waals surface area contributed by atoms with E-state index >= 15 is 0 Å². The zero-order valence-corrected chi connectivity index (χ0v) is 16.0. The van der Waals surface area contributed by atoms with Crippen LogP contribution in [0.5, 0.6) is 5.75 Å². The molecule has 2 amide bonds. The summed E-state index contributed by atoms with van der Waals surface area (Å²) in [4.78, 5) is 26.2. The molecule has 2 aromatic carbocycles. The SMILES string of the molecule is COc1ccc(Cl)cc1NC(=O)C(C)N(C)CC(=O)Nc1cccc(F)c1. The Bertz CT molecular complexity index is 832. The van der Waals surface area contributed by atoms with Crippen LogP contribution in [0.15, 0.2) is 42.5 Å². The third kappa shape index (κ3) is 5.94. The molecule has 8 heteroatoms. The first-order chi connectivity index (χ1) is 12.8. The van der Waals surface area contributed by atoms with Crippen LogP contribution in [0.4, 0.5) is 15.8 Å². The zero-order valence-electron chi connectivity index (χ0n) is 15.3. The minimum Gasteiger partial charge on any atom is -0.495 e. The first-order valence-corrected chi connectivity index (χ1v) is 8.58. The molecule has 0 bridgehead atoms. The topological polar surface area (TPSA) is 70.7 Å².